The Morgan fingerprint density at radius 3 is 2.67 bits per heavy atom. The van der Waals surface area contributed by atoms with Crippen LogP contribution in [0.25, 0.3) is 0 Å². The van der Waals surface area contributed by atoms with Crippen LogP contribution in [0.1, 0.15) is 23.6 Å². The van der Waals surface area contributed by atoms with Crippen LogP contribution < -0.4 is 10.0 Å². The summed E-state index contributed by atoms with van der Waals surface area (Å²) in [4.78, 5) is 7.25. The Labute approximate surface area is 161 Å². The Morgan fingerprint density at radius 1 is 1.15 bits per heavy atom. The van der Waals surface area contributed by atoms with E-state index in [0.717, 1.165) is 37.6 Å². The molecule has 0 spiro atoms. The van der Waals surface area contributed by atoms with Crippen LogP contribution in [0, 0.1) is 0 Å². The van der Waals surface area contributed by atoms with Crippen molar-refractivity contribution in [3.05, 3.63) is 65.2 Å². The van der Waals surface area contributed by atoms with Crippen molar-refractivity contribution >= 4 is 16.0 Å². The Morgan fingerprint density at radius 2 is 1.93 bits per heavy atom. The monoisotopic (exact) mass is 386 g/mol. The van der Waals surface area contributed by atoms with Crippen molar-refractivity contribution in [1.82, 2.24) is 14.9 Å². The van der Waals surface area contributed by atoms with Crippen molar-refractivity contribution in [3.63, 3.8) is 0 Å². The molecule has 0 amide bonds. The smallest absolute Gasteiger partial charge is 0.240 e. The number of hydrogen-bond acceptors (Lipinski definition) is 3. The molecule has 27 heavy (non-hydrogen) atoms. The van der Waals surface area contributed by atoms with E-state index in [1.165, 1.54) is 18.2 Å². The summed E-state index contributed by atoms with van der Waals surface area (Å²) in [7, 11) is -2.03. The fraction of sp³-hybridized carbons (Fsp3) is 0.350. The molecular weight excluding hydrogens is 360 g/mol. The summed E-state index contributed by atoms with van der Waals surface area (Å²) in [6.45, 7) is 5.00. The van der Waals surface area contributed by atoms with Crippen molar-refractivity contribution in [2.75, 3.05) is 20.1 Å². The maximum absolute atomic E-state index is 12.0. The molecule has 0 aromatic heterocycles. The van der Waals surface area contributed by atoms with Crippen molar-refractivity contribution in [3.8, 4) is 0 Å². The molecule has 1 aliphatic heterocycles. The molecule has 0 radical (unpaired) electrons. The average Bonchev–Trinajstić information content (AvgIpc) is 2.71. The molecule has 0 saturated heterocycles. The maximum atomic E-state index is 12.0. The number of benzene rings is 2. The fourth-order valence-electron chi connectivity index (χ4n) is 3.20. The first kappa shape index (κ1) is 19.4. The predicted molar refractivity (Wildman–Crippen MR) is 108 cm³/mol. The van der Waals surface area contributed by atoms with E-state index in [0.29, 0.717) is 6.54 Å². The van der Waals surface area contributed by atoms with Crippen molar-refractivity contribution in [2.45, 2.75) is 31.3 Å². The van der Waals surface area contributed by atoms with Gasteiger partial charge in [-0.1, -0.05) is 36.4 Å². The number of aliphatic imine (C=N–C) groups is 1. The molecular formula is C20H26N4O2S. The second-order valence-corrected chi connectivity index (χ2v) is 8.35. The first-order valence-corrected chi connectivity index (χ1v) is 10.6. The Bertz CT molecular complexity index is 925. The number of sulfonamides is 1. The quantitative estimate of drug-likeness (QED) is 0.610. The van der Waals surface area contributed by atoms with Gasteiger partial charge in [0, 0.05) is 19.6 Å². The van der Waals surface area contributed by atoms with Crippen LogP contribution in [0.4, 0.5) is 0 Å². The highest BCUT2D eigenvalue weighted by Gasteiger charge is 2.18. The lowest BCUT2D eigenvalue weighted by Crippen LogP contribution is -2.44. The number of hydrogen-bond donors (Lipinski definition) is 2. The third kappa shape index (κ3) is 4.67. The number of nitrogens with zero attached hydrogens (tertiary/aromatic N) is 2. The standard InChI is InChI=1S/C20H26N4O2S/c1-3-22-20(24-12-11-17-8-4-5-9-18(17)15-24)23-14-16-7-6-10-19(13-16)27(25,26)21-2/h4-10,13,21H,3,11-12,14-15H2,1-2H3,(H,22,23). The van der Waals surface area contributed by atoms with Gasteiger partial charge in [-0.05, 0) is 49.2 Å². The molecule has 0 fully saturated rings. The molecule has 0 bridgehead atoms. The lowest BCUT2D eigenvalue weighted by molar-refractivity contribution is 0.378. The van der Waals surface area contributed by atoms with E-state index in [-0.39, 0.29) is 4.90 Å². The molecule has 0 atom stereocenters. The van der Waals surface area contributed by atoms with Gasteiger partial charge in [0.25, 0.3) is 0 Å². The second-order valence-electron chi connectivity index (χ2n) is 6.47. The Balaban J connectivity index is 1.78. The van der Waals surface area contributed by atoms with Gasteiger partial charge in [-0.3, -0.25) is 0 Å². The predicted octanol–water partition coefficient (Wildman–Crippen LogP) is 2.12. The summed E-state index contributed by atoms with van der Waals surface area (Å²) in [5, 5.41) is 3.35. The first-order chi connectivity index (χ1) is 13.0. The Kier molecular flexibility index (Phi) is 6.13. The van der Waals surface area contributed by atoms with Crippen molar-refractivity contribution in [1.29, 1.82) is 0 Å². The zero-order valence-electron chi connectivity index (χ0n) is 15.8. The molecule has 7 heteroatoms. The molecule has 3 rings (SSSR count). The van der Waals surface area contributed by atoms with Gasteiger partial charge in [0.15, 0.2) is 5.96 Å². The minimum absolute atomic E-state index is 0.259. The van der Waals surface area contributed by atoms with Gasteiger partial charge in [-0.25, -0.2) is 18.1 Å². The lowest BCUT2D eigenvalue weighted by Gasteiger charge is -2.31. The molecule has 2 N–H and O–H groups in total. The van der Waals surface area contributed by atoms with Crippen LogP contribution in [-0.4, -0.2) is 39.4 Å². The van der Waals surface area contributed by atoms with Crippen LogP contribution in [0.15, 0.2) is 58.4 Å². The van der Waals surface area contributed by atoms with Crippen molar-refractivity contribution in [2.24, 2.45) is 4.99 Å². The maximum Gasteiger partial charge on any atom is 0.240 e. The molecule has 0 aliphatic carbocycles. The van der Waals surface area contributed by atoms with E-state index in [4.69, 9.17) is 4.99 Å². The average molecular weight is 387 g/mol. The number of nitrogens with one attached hydrogen (secondary N) is 2. The molecule has 1 heterocycles. The van der Waals surface area contributed by atoms with Crippen molar-refractivity contribution < 1.29 is 8.42 Å². The minimum Gasteiger partial charge on any atom is -0.356 e. The van der Waals surface area contributed by atoms with E-state index in [1.807, 2.05) is 13.0 Å². The number of guanidine groups is 1. The zero-order valence-corrected chi connectivity index (χ0v) is 16.6. The van der Waals surface area contributed by atoms with Crippen LogP contribution in [0.5, 0.6) is 0 Å². The lowest BCUT2D eigenvalue weighted by atomic mass is 10.0. The van der Waals surface area contributed by atoms with E-state index in [1.54, 1.807) is 18.2 Å². The van der Waals surface area contributed by atoms with Gasteiger partial charge < -0.3 is 10.2 Å². The van der Waals surface area contributed by atoms with Gasteiger partial charge >= 0.3 is 0 Å². The van der Waals surface area contributed by atoms with E-state index < -0.39 is 10.0 Å². The number of rotatable bonds is 5. The third-order valence-electron chi connectivity index (χ3n) is 4.65. The molecule has 2 aromatic rings. The minimum atomic E-state index is -3.45. The summed E-state index contributed by atoms with van der Waals surface area (Å²) in [6, 6.07) is 15.4. The Hall–Kier alpha value is -2.38. The van der Waals surface area contributed by atoms with Crippen LogP contribution in [0.2, 0.25) is 0 Å². The summed E-state index contributed by atoms with van der Waals surface area (Å²) >= 11 is 0. The van der Waals surface area contributed by atoms with Crippen LogP contribution >= 0.6 is 0 Å². The molecule has 0 unspecified atom stereocenters. The fourth-order valence-corrected chi connectivity index (χ4v) is 4.00. The van der Waals surface area contributed by atoms with E-state index >= 15 is 0 Å². The third-order valence-corrected chi connectivity index (χ3v) is 6.07. The number of fused-ring (bicyclic) bond motifs is 1. The SMILES string of the molecule is CCNC(=NCc1cccc(S(=O)(=O)NC)c1)N1CCc2ccccc2C1. The van der Waals surface area contributed by atoms with Gasteiger partial charge in [0.05, 0.1) is 11.4 Å². The zero-order chi connectivity index (χ0) is 19.3. The summed E-state index contributed by atoms with van der Waals surface area (Å²) < 4.78 is 26.3. The summed E-state index contributed by atoms with van der Waals surface area (Å²) in [6.07, 6.45) is 0.997. The molecule has 0 saturated carbocycles. The van der Waals surface area contributed by atoms with Crippen LogP contribution in [-0.2, 0) is 29.5 Å². The highest BCUT2D eigenvalue weighted by molar-refractivity contribution is 7.89. The topological polar surface area (TPSA) is 73.8 Å². The van der Waals surface area contributed by atoms with Gasteiger partial charge in [0.1, 0.15) is 0 Å². The largest absolute Gasteiger partial charge is 0.356 e. The molecule has 2 aromatic carbocycles. The highest BCUT2D eigenvalue weighted by Crippen LogP contribution is 2.19. The molecule has 1 aliphatic rings. The summed E-state index contributed by atoms with van der Waals surface area (Å²) in [5.74, 6) is 0.855. The van der Waals surface area contributed by atoms with Gasteiger partial charge in [0.2, 0.25) is 10.0 Å². The van der Waals surface area contributed by atoms with Gasteiger partial charge in [-0.2, -0.15) is 0 Å². The molecule has 144 valence electrons. The summed E-state index contributed by atoms with van der Waals surface area (Å²) in [5.41, 5.74) is 3.59. The second kappa shape index (κ2) is 8.54. The highest BCUT2D eigenvalue weighted by atomic mass is 32.2. The van der Waals surface area contributed by atoms with E-state index in [2.05, 4.69) is 39.2 Å². The van der Waals surface area contributed by atoms with E-state index in [9.17, 15) is 8.42 Å². The van der Waals surface area contributed by atoms with Crippen LogP contribution in [0.3, 0.4) is 0 Å². The first-order valence-electron chi connectivity index (χ1n) is 9.16. The molecule has 6 nitrogen and oxygen atoms in total. The normalized spacial score (nSPS) is 14.7. The van der Waals surface area contributed by atoms with Gasteiger partial charge in [-0.15, -0.1) is 0 Å².